The van der Waals surface area contributed by atoms with E-state index in [4.69, 9.17) is 20.8 Å². The van der Waals surface area contributed by atoms with Crippen molar-refractivity contribution in [1.29, 1.82) is 0 Å². The topological polar surface area (TPSA) is 81.4 Å². The summed E-state index contributed by atoms with van der Waals surface area (Å²) in [4.78, 5) is 4.26. The molecular weight excluding hydrogens is 364 g/mol. The molecule has 0 radical (unpaired) electrons. The molecule has 0 amide bonds. The summed E-state index contributed by atoms with van der Waals surface area (Å²) in [5.74, 6) is 0.874. The molecule has 2 heterocycles. The molecule has 0 fully saturated rings. The Bertz CT molecular complexity index is 955. The number of hydrogen-bond acceptors (Lipinski definition) is 5. The van der Waals surface area contributed by atoms with E-state index in [0.29, 0.717) is 22.0 Å². The van der Waals surface area contributed by atoms with E-state index in [2.05, 4.69) is 9.71 Å². The van der Waals surface area contributed by atoms with Gasteiger partial charge in [-0.3, -0.25) is 4.98 Å². The second kappa shape index (κ2) is 7.26. The molecule has 1 N–H and O–H groups in total. The van der Waals surface area contributed by atoms with E-state index < -0.39 is 10.0 Å². The summed E-state index contributed by atoms with van der Waals surface area (Å²) in [5, 5.41) is 0.311. The van der Waals surface area contributed by atoms with Gasteiger partial charge in [0.2, 0.25) is 10.0 Å². The van der Waals surface area contributed by atoms with Crippen LogP contribution >= 0.6 is 11.6 Å². The van der Waals surface area contributed by atoms with Crippen molar-refractivity contribution in [2.75, 3.05) is 7.11 Å². The van der Waals surface area contributed by atoms with E-state index in [0.717, 1.165) is 0 Å². The lowest BCUT2D eigenvalue weighted by Gasteiger charge is -2.11. The fourth-order valence-electron chi connectivity index (χ4n) is 2.22. The van der Waals surface area contributed by atoms with Crippen molar-refractivity contribution in [3.8, 4) is 17.2 Å². The first-order valence-electron chi connectivity index (χ1n) is 7.31. The number of pyridine rings is 1. The SMILES string of the molecule is COc1ccc(Cl)cc1S(=O)(=O)NCc1ccc(-c2ccco2)nc1. The lowest BCUT2D eigenvalue weighted by atomic mass is 10.2. The molecule has 0 aliphatic carbocycles. The quantitative estimate of drug-likeness (QED) is 0.710. The maximum atomic E-state index is 12.5. The van der Waals surface area contributed by atoms with E-state index in [9.17, 15) is 8.42 Å². The first-order chi connectivity index (χ1) is 12.0. The van der Waals surface area contributed by atoms with Crippen LogP contribution in [0.25, 0.3) is 11.5 Å². The highest BCUT2D eigenvalue weighted by atomic mass is 35.5. The van der Waals surface area contributed by atoms with Gasteiger partial charge in [0.15, 0.2) is 5.76 Å². The molecule has 3 aromatic rings. The van der Waals surface area contributed by atoms with Crippen LogP contribution in [0.15, 0.2) is 64.2 Å². The van der Waals surface area contributed by atoms with E-state index in [1.807, 2.05) is 0 Å². The van der Waals surface area contributed by atoms with E-state index >= 15 is 0 Å². The van der Waals surface area contributed by atoms with Crippen LogP contribution in [-0.4, -0.2) is 20.5 Å². The van der Waals surface area contributed by atoms with Crippen molar-refractivity contribution in [2.45, 2.75) is 11.4 Å². The smallest absolute Gasteiger partial charge is 0.244 e. The Labute approximate surface area is 150 Å². The molecule has 0 spiro atoms. The molecule has 0 aliphatic heterocycles. The number of aromatic nitrogens is 1. The maximum absolute atomic E-state index is 12.5. The van der Waals surface area contributed by atoms with Crippen LogP contribution in [0.4, 0.5) is 0 Å². The van der Waals surface area contributed by atoms with Crippen LogP contribution in [0.2, 0.25) is 5.02 Å². The molecule has 0 saturated carbocycles. The minimum atomic E-state index is -3.78. The van der Waals surface area contributed by atoms with Gasteiger partial charge < -0.3 is 9.15 Å². The average molecular weight is 379 g/mol. The zero-order chi connectivity index (χ0) is 17.9. The molecule has 2 aromatic heterocycles. The Kier molecular flexibility index (Phi) is 5.08. The second-order valence-electron chi connectivity index (χ2n) is 5.15. The molecule has 1 aromatic carbocycles. The predicted octanol–water partition coefficient (Wildman–Crippen LogP) is 3.48. The summed E-state index contributed by atoms with van der Waals surface area (Å²) in [6.07, 6.45) is 3.16. The maximum Gasteiger partial charge on any atom is 0.244 e. The zero-order valence-corrected chi connectivity index (χ0v) is 14.8. The minimum absolute atomic E-state index is 0.0114. The number of furan rings is 1. The Hall–Kier alpha value is -2.35. The highest BCUT2D eigenvalue weighted by Crippen LogP contribution is 2.27. The van der Waals surface area contributed by atoms with Crippen LogP contribution in [0, 0.1) is 0 Å². The molecule has 0 aliphatic rings. The Balaban J connectivity index is 1.75. The zero-order valence-electron chi connectivity index (χ0n) is 13.3. The summed E-state index contributed by atoms with van der Waals surface area (Å²) in [7, 11) is -2.38. The van der Waals surface area contributed by atoms with Crippen LogP contribution in [0.1, 0.15) is 5.56 Å². The number of halogens is 1. The lowest BCUT2D eigenvalue weighted by molar-refractivity contribution is 0.402. The normalized spacial score (nSPS) is 11.4. The van der Waals surface area contributed by atoms with Gasteiger partial charge in [0.1, 0.15) is 16.3 Å². The fourth-order valence-corrected chi connectivity index (χ4v) is 3.66. The van der Waals surface area contributed by atoms with Gasteiger partial charge in [0.05, 0.1) is 13.4 Å². The molecule has 3 rings (SSSR count). The highest BCUT2D eigenvalue weighted by Gasteiger charge is 2.19. The molecule has 25 heavy (non-hydrogen) atoms. The Morgan fingerprint density at radius 3 is 2.72 bits per heavy atom. The summed E-state index contributed by atoms with van der Waals surface area (Å²) in [6.45, 7) is 0.0867. The number of rotatable bonds is 6. The van der Waals surface area contributed by atoms with Gasteiger partial charge in [-0.05, 0) is 42.0 Å². The first-order valence-corrected chi connectivity index (χ1v) is 9.18. The molecule has 130 valence electrons. The molecule has 0 saturated heterocycles. The first kappa shape index (κ1) is 17.5. The summed E-state index contributed by atoms with van der Waals surface area (Å²) in [6, 6.07) is 11.5. The van der Waals surface area contributed by atoms with Crippen molar-refractivity contribution in [1.82, 2.24) is 9.71 Å². The van der Waals surface area contributed by atoms with Crippen molar-refractivity contribution >= 4 is 21.6 Å². The molecule has 8 heteroatoms. The summed E-state index contributed by atoms with van der Waals surface area (Å²) >= 11 is 5.90. The van der Waals surface area contributed by atoms with Gasteiger partial charge in [0, 0.05) is 17.8 Å². The summed E-state index contributed by atoms with van der Waals surface area (Å²) in [5.41, 5.74) is 1.38. The average Bonchev–Trinajstić information content (AvgIpc) is 3.15. The Morgan fingerprint density at radius 2 is 2.08 bits per heavy atom. The van der Waals surface area contributed by atoms with E-state index in [1.165, 1.54) is 19.2 Å². The summed E-state index contributed by atoms with van der Waals surface area (Å²) < 4.78 is 37.9. The van der Waals surface area contributed by atoms with Crippen molar-refractivity contribution in [3.63, 3.8) is 0 Å². The van der Waals surface area contributed by atoms with Crippen molar-refractivity contribution in [2.24, 2.45) is 0 Å². The number of nitrogens with zero attached hydrogens (tertiary/aromatic N) is 1. The minimum Gasteiger partial charge on any atom is -0.495 e. The van der Waals surface area contributed by atoms with Crippen LogP contribution < -0.4 is 9.46 Å². The van der Waals surface area contributed by atoms with Gasteiger partial charge in [0.25, 0.3) is 0 Å². The number of benzene rings is 1. The molecule has 0 unspecified atom stereocenters. The van der Waals surface area contributed by atoms with Gasteiger partial charge in [-0.15, -0.1) is 0 Å². The standard InChI is InChI=1S/C17H15ClN2O4S/c1-23-16-7-5-13(18)9-17(16)25(21,22)20-11-12-4-6-14(19-10-12)15-3-2-8-24-15/h2-10,20H,11H2,1H3. The number of sulfonamides is 1. The van der Waals surface area contributed by atoms with Crippen LogP contribution in [-0.2, 0) is 16.6 Å². The largest absolute Gasteiger partial charge is 0.495 e. The molecule has 6 nitrogen and oxygen atoms in total. The third kappa shape index (κ3) is 4.01. The van der Waals surface area contributed by atoms with Crippen LogP contribution in [0.5, 0.6) is 5.75 Å². The Morgan fingerprint density at radius 1 is 1.24 bits per heavy atom. The highest BCUT2D eigenvalue weighted by molar-refractivity contribution is 7.89. The number of nitrogens with one attached hydrogen (secondary N) is 1. The lowest BCUT2D eigenvalue weighted by Crippen LogP contribution is -2.23. The second-order valence-corrected chi connectivity index (χ2v) is 7.32. The number of hydrogen-bond donors (Lipinski definition) is 1. The van der Waals surface area contributed by atoms with Gasteiger partial charge >= 0.3 is 0 Å². The number of ether oxygens (including phenoxy) is 1. The van der Waals surface area contributed by atoms with E-state index in [1.54, 1.807) is 42.8 Å². The molecular formula is C17H15ClN2O4S. The van der Waals surface area contributed by atoms with Crippen LogP contribution in [0.3, 0.4) is 0 Å². The predicted molar refractivity (Wildman–Crippen MR) is 94.0 cm³/mol. The van der Waals surface area contributed by atoms with Crippen molar-refractivity contribution < 1.29 is 17.6 Å². The fraction of sp³-hybridized carbons (Fsp3) is 0.118. The van der Waals surface area contributed by atoms with Gasteiger partial charge in [-0.25, -0.2) is 13.1 Å². The van der Waals surface area contributed by atoms with Gasteiger partial charge in [-0.2, -0.15) is 0 Å². The third-order valence-electron chi connectivity index (χ3n) is 3.48. The van der Waals surface area contributed by atoms with E-state index in [-0.39, 0.29) is 17.2 Å². The van der Waals surface area contributed by atoms with Crippen molar-refractivity contribution in [3.05, 3.63) is 65.5 Å². The monoisotopic (exact) mass is 378 g/mol. The number of methoxy groups -OCH3 is 1. The third-order valence-corrected chi connectivity index (χ3v) is 5.14. The molecule has 0 bridgehead atoms. The van der Waals surface area contributed by atoms with Gasteiger partial charge in [-0.1, -0.05) is 17.7 Å². The molecule has 0 atom stereocenters.